The molecule has 2 aliphatic rings. The van der Waals surface area contributed by atoms with Gasteiger partial charge in [0.25, 0.3) is 0 Å². The van der Waals surface area contributed by atoms with Gasteiger partial charge in [0, 0.05) is 0 Å². The maximum Gasteiger partial charge on any atom is 0.0695 e. The monoisotopic (exact) mass is 289 g/mol. The molecule has 0 saturated heterocycles. The molecule has 2 unspecified atom stereocenters. The van der Waals surface area contributed by atoms with Gasteiger partial charge < -0.3 is 0 Å². The molecule has 0 aromatic rings. The van der Waals surface area contributed by atoms with Crippen molar-refractivity contribution < 1.29 is 0 Å². The van der Waals surface area contributed by atoms with Crippen LogP contribution in [-0.4, -0.2) is 0 Å². The second kappa shape index (κ2) is 8.82. The Kier molecular flexibility index (Phi) is 7.08. The van der Waals surface area contributed by atoms with Crippen molar-refractivity contribution in [2.75, 3.05) is 0 Å². The fourth-order valence-corrected chi connectivity index (χ4v) is 5.06. The highest BCUT2D eigenvalue weighted by molar-refractivity contribution is 5.08. The van der Waals surface area contributed by atoms with E-state index < -0.39 is 0 Å². The quantitative estimate of drug-likeness (QED) is 0.483. The molecule has 0 radical (unpaired) electrons. The van der Waals surface area contributed by atoms with Crippen LogP contribution < -0.4 is 0 Å². The van der Waals surface area contributed by atoms with E-state index in [1.54, 1.807) is 0 Å². The molecule has 2 atom stereocenters. The van der Waals surface area contributed by atoms with Crippen molar-refractivity contribution in [1.82, 2.24) is 0 Å². The Balaban J connectivity index is 1.93. The van der Waals surface area contributed by atoms with E-state index in [9.17, 15) is 5.26 Å². The normalized spacial score (nSPS) is 31.0. The highest BCUT2D eigenvalue weighted by Crippen LogP contribution is 2.52. The van der Waals surface area contributed by atoms with Crippen molar-refractivity contribution in [2.45, 2.75) is 103 Å². The largest absolute Gasteiger partial charge is 0.198 e. The minimum Gasteiger partial charge on any atom is -0.198 e. The van der Waals surface area contributed by atoms with Gasteiger partial charge in [0.05, 0.1) is 11.5 Å². The van der Waals surface area contributed by atoms with Crippen molar-refractivity contribution in [3.63, 3.8) is 0 Å². The van der Waals surface area contributed by atoms with Crippen molar-refractivity contribution >= 4 is 0 Å². The summed E-state index contributed by atoms with van der Waals surface area (Å²) in [6, 6.07) is 2.89. The van der Waals surface area contributed by atoms with Crippen LogP contribution in [0.25, 0.3) is 0 Å². The molecular formula is C20H35N. The zero-order chi connectivity index (χ0) is 15.0. The second-order valence-corrected chi connectivity index (χ2v) is 7.63. The Morgan fingerprint density at radius 2 is 1.62 bits per heavy atom. The summed E-state index contributed by atoms with van der Waals surface area (Å²) >= 11 is 0. The molecule has 0 aliphatic heterocycles. The van der Waals surface area contributed by atoms with Crippen LogP contribution in [0.15, 0.2) is 0 Å². The lowest BCUT2D eigenvalue weighted by Crippen LogP contribution is -2.40. The van der Waals surface area contributed by atoms with E-state index in [1.807, 2.05) is 0 Å². The lowest BCUT2D eigenvalue weighted by molar-refractivity contribution is 0.0526. The van der Waals surface area contributed by atoms with Crippen LogP contribution >= 0.6 is 0 Å². The average Bonchev–Trinajstić information content (AvgIpc) is 2.56. The van der Waals surface area contributed by atoms with Gasteiger partial charge in [0.15, 0.2) is 0 Å². The molecule has 0 aromatic carbocycles. The minimum absolute atomic E-state index is 0.0590. The highest BCUT2D eigenvalue weighted by Gasteiger charge is 2.46. The predicted molar refractivity (Wildman–Crippen MR) is 90.0 cm³/mol. The van der Waals surface area contributed by atoms with Gasteiger partial charge in [0.2, 0.25) is 0 Å². The van der Waals surface area contributed by atoms with Gasteiger partial charge in [-0.15, -0.1) is 0 Å². The van der Waals surface area contributed by atoms with E-state index in [2.05, 4.69) is 13.0 Å². The van der Waals surface area contributed by atoms with E-state index >= 15 is 0 Å². The van der Waals surface area contributed by atoms with E-state index in [-0.39, 0.29) is 5.41 Å². The summed E-state index contributed by atoms with van der Waals surface area (Å²) in [5.41, 5.74) is 0.0590. The van der Waals surface area contributed by atoms with Crippen LogP contribution in [-0.2, 0) is 0 Å². The van der Waals surface area contributed by atoms with Crippen molar-refractivity contribution in [3.8, 4) is 6.07 Å². The van der Waals surface area contributed by atoms with Gasteiger partial charge in [-0.1, -0.05) is 71.1 Å². The molecule has 120 valence electrons. The topological polar surface area (TPSA) is 23.8 Å². The first kappa shape index (κ1) is 16.9. The SMILES string of the molecule is CCCCCCCC1CCCCC1(C#N)C1CCCCC1. The Morgan fingerprint density at radius 3 is 2.33 bits per heavy atom. The molecule has 1 heteroatoms. The average molecular weight is 290 g/mol. The number of hydrogen-bond donors (Lipinski definition) is 0. The fraction of sp³-hybridized carbons (Fsp3) is 0.950. The third-order valence-electron chi connectivity index (χ3n) is 6.32. The molecule has 0 spiro atoms. The molecule has 0 bridgehead atoms. The van der Waals surface area contributed by atoms with Gasteiger partial charge in [0.1, 0.15) is 0 Å². The van der Waals surface area contributed by atoms with Gasteiger partial charge in [-0.05, 0) is 43.9 Å². The number of nitriles is 1. The number of nitrogens with zero attached hydrogens (tertiary/aromatic N) is 1. The van der Waals surface area contributed by atoms with Crippen LogP contribution in [0.5, 0.6) is 0 Å². The molecule has 0 heterocycles. The van der Waals surface area contributed by atoms with Gasteiger partial charge in [-0.25, -0.2) is 0 Å². The summed E-state index contributed by atoms with van der Waals surface area (Å²) in [7, 11) is 0. The second-order valence-electron chi connectivity index (χ2n) is 7.63. The first-order chi connectivity index (χ1) is 10.3. The predicted octanol–water partition coefficient (Wildman–Crippen LogP) is 6.63. The summed E-state index contributed by atoms with van der Waals surface area (Å²) < 4.78 is 0. The van der Waals surface area contributed by atoms with Gasteiger partial charge in [-0.2, -0.15) is 5.26 Å². The highest BCUT2D eigenvalue weighted by atomic mass is 14.5. The summed E-state index contributed by atoms with van der Waals surface area (Å²) in [6.45, 7) is 2.28. The van der Waals surface area contributed by atoms with Crippen LogP contribution in [0.1, 0.15) is 103 Å². The fourth-order valence-electron chi connectivity index (χ4n) is 5.06. The molecule has 1 nitrogen and oxygen atoms in total. The molecule has 21 heavy (non-hydrogen) atoms. The van der Waals surface area contributed by atoms with E-state index in [4.69, 9.17) is 0 Å². The molecule has 0 amide bonds. The first-order valence-corrected chi connectivity index (χ1v) is 9.74. The van der Waals surface area contributed by atoms with Gasteiger partial charge in [-0.3, -0.25) is 0 Å². The summed E-state index contributed by atoms with van der Waals surface area (Å²) in [4.78, 5) is 0. The van der Waals surface area contributed by atoms with E-state index in [0.29, 0.717) is 5.92 Å². The molecule has 2 aliphatic carbocycles. The molecule has 2 rings (SSSR count). The lowest BCUT2D eigenvalue weighted by atomic mass is 9.56. The first-order valence-electron chi connectivity index (χ1n) is 9.74. The van der Waals surface area contributed by atoms with Gasteiger partial charge >= 0.3 is 0 Å². The Bertz CT molecular complexity index is 323. The molecule has 0 aromatic heterocycles. The van der Waals surface area contributed by atoms with Crippen molar-refractivity contribution in [3.05, 3.63) is 0 Å². The van der Waals surface area contributed by atoms with Crippen LogP contribution in [0, 0.1) is 28.6 Å². The zero-order valence-electron chi connectivity index (χ0n) is 14.2. The maximum atomic E-state index is 10.1. The smallest absolute Gasteiger partial charge is 0.0695 e. The minimum atomic E-state index is 0.0590. The maximum absolute atomic E-state index is 10.1. The zero-order valence-corrected chi connectivity index (χ0v) is 14.2. The molecule has 2 saturated carbocycles. The van der Waals surface area contributed by atoms with E-state index in [0.717, 1.165) is 5.92 Å². The van der Waals surface area contributed by atoms with Crippen molar-refractivity contribution in [1.29, 1.82) is 5.26 Å². The molecule has 0 N–H and O–H groups in total. The van der Waals surface area contributed by atoms with Crippen LogP contribution in [0.3, 0.4) is 0 Å². The third kappa shape index (κ3) is 4.24. The molecular weight excluding hydrogens is 254 g/mol. The Hall–Kier alpha value is -0.510. The lowest BCUT2D eigenvalue weighted by Gasteiger charge is -2.46. The van der Waals surface area contributed by atoms with E-state index in [1.165, 1.54) is 96.3 Å². The van der Waals surface area contributed by atoms with Crippen LogP contribution in [0.4, 0.5) is 0 Å². The Labute approximate surface area is 132 Å². The van der Waals surface area contributed by atoms with Crippen LogP contribution in [0.2, 0.25) is 0 Å². The third-order valence-corrected chi connectivity index (χ3v) is 6.32. The summed E-state index contributed by atoms with van der Waals surface area (Å²) in [6.07, 6.45) is 20.2. The number of hydrogen-bond acceptors (Lipinski definition) is 1. The summed E-state index contributed by atoms with van der Waals surface area (Å²) in [5, 5.41) is 10.1. The standard InChI is InChI=1S/C20H35N/c1-2-3-4-5-7-12-19-15-10-11-16-20(19,17-21)18-13-8-6-9-14-18/h18-19H,2-16H2,1H3. The molecule has 2 fully saturated rings. The number of unbranched alkanes of at least 4 members (excludes halogenated alkanes) is 4. The Morgan fingerprint density at radius 1 is 0.905 bits per heavy atom. The summed E-state index contributed by atoms with van der Waals surface area (Å²) in [5.74, 6) is 1.43. The number of rotatable bonds is 7. The van der Waals surface area contributed by atoms with Crippen molar-refractivity contribution in [2.24, 2.45) is 17.3 Å².